The number of carbonyl (C=O) groups is 3. The number of hydrogen-bond acceptors (Lipinski definition) is 7. The molecule has 0 bridgehead atoms. The van der Waals surface area contributed by atoms with Crippen molar-refractivity contribution in [3.8, 4) is 0 Å². The Bertz CT molecular complexity index is 1220. The quantitative estimate of drug-likeness (QED) is 0.394. The van der Waals surface area contributed by atoms with E-state index in [0.717, 1.165) is 39.2 Å². The Hall–Kier alpha value is -3.73. The maximum atomic E-state index is 13.2. The Labute approximate surface area is 210 Å². The summed E-state index contributed by atoms with van der Waals surface area (Å²) in [6.07, 6.45) is 3.72. The summed E-state index contributed by atoms with van der Waals surface area (Å²) < 4.78 is 31.0. The first-order chi connectivity index (χ1) is 17.2. The molecule has 0 spiro atoms. The fourth-order valence-corrected chi connectivity index (χ4v) is 5.10. The SMILES string of the molecule is CCC(=O)NC(=Nc1ccc(S(=O)(=O)c2ccccc2)cc1NC(=O)C1CCCCC1)NC(=O)OC. The molecule has 3 N–H and O–H groups in total. The number of alkyl carbamates (subject to hydrolysis) is 1. The summed E-state index contributed by atoms with van der Waals surface area (Å²) in [5, 5.41) is 7.60. The highest BCUT2D eigenvalue weighted by Gasteiger charge is 2.24. The van der Waals surface area contributed by atoms with E-state index in [1.54, 1.807) is 25.1 Å². The molecule has 1 aliphatic rings. The third-order valence-electron chi connectivity index (χ3n) is 5.78. The maximum Gasteiger partial charge on any atom is 0.413 e. The summed E-state index contributed by atoms with van der Waals surface area (Å²) in [7, 11) is -2.71. The highest BCUT2D eigenvalue weighted by Crippen LogP contribution is 2.32. The molecule has 0 aromatic heterocycles. The minimum atomic E-state index is -3.87. The van der Waals surface area contributed by atoms with Crippen molar-refractivity contribution in [1.29, 1.82) is 0 Å². The Morgan fingerprint density at radius 3 is 2.31 bits per heavy atom. The molecule has 2 aromatic carbocycles. The smallest absolute Gasteiger partial charge is 0.413 e. The van der Waals surface area contributed by atoms with Crippen LogP contribution < -0.4 is 16.0 Å². The minimum Gasteiger partial charge on any atom is -0.453 e. The van der Waals surface area contributed by atoms with Gasteiger partial charge in [-0.25, -0.2) is 18.2 Å². The molecule has 2 aromatic rings. The molecule has 1 aliphatic carbocycles. The molecule has 1 fully saturated rings. The molecule has 0 radical (unpaired) electrons. The topological polar surface area (TPSA) is 143 Å². The van der Waals surface area contributed by atoms with Crippen molar-refractivity contribution in [2.45, 2.75) is 55.2 Å². The Morgan fingerprint density at radius 2 is 1.67 bits per heavy atom. The van der Waals surface area contributed by atoms with E-state index >= 15 is 0 Å². The number of nitrogens with zero attached hydrogens (tertiary/aromatic N) is 1. The Morgan fingerprint density at radius 1 is 0.972 bits per heavy atom. The van der Waals surface area contributed by atoms with Crippen molar-refractivity contribution in [3.05, 3.63) is 48.5 Å². The number of benzene rings is 2. The van der Waals surface area contributed by atoms with E-state index in [1.807, 2.05) is 0 Å². The third kappa shape index (κ3) is 6.91. The number of aliphatic imine (C=N–C) groups is 1. The molecular formula is C25H30N4O6S. The molecule has 1 saturated carbocycles. The van der Waals surface area contributed by atoms with Gasteiger partial charge >= 0.3 is 6.09 Å². The molecule has 0 atom stereocenters. The van der Waals surface area contributed by atoms with Crippen LogP contribution in [0.4, 0.5) is 16.2 Å². The highest BCUT2D eigenvalue weighted by molar-refractivity contribution is 7.91. The summed E-state index contributed by atoms with van der Waals surface area (Å²) in [5.74, 6) is -1.07. The van der Waals surface area contributed by atoms with Crippen LogP contribution in [0.25, 0.3) is 0 Å². The summed E-state index contributed by atoms with van der Waals surface area (Å²) in [6.45, 7) is 1.63. The molecule has 0 heterocycles. The molecule has 11 heteroatoms. The molecular weight excluding hydrogens is 484 g/mol. The number of carbonyl (C=O) groups excluding carboxylic acids is 3. The number of anilines is 1. The molecule has 192 valence electrons. The van der Waals surface area contributed by atoms with E-state index in [9.17, 15) is 22.8 Å². The lowest BCUT2D eigenvalue weighted by Crippen LogP contribution is -2.43. The van der Waals surface area contributed by atoms with E-state index in [2.05, 4.69) is 25.7 Å². The van der Waals surface area contributed by atoms with Gasteiger partial charge in [0.1, 0.15) is 0 Å². The Kier molecular flexibility index (Phi) is 9.18. The van der Waals surface area contributed by atoms with Crippen LogP contribution in [-0.2, 0) is 24.2 Å². The fourth-order valence-electron chi connectivity index (χ4n) is 3.79. The van der Waals surface area contributed by atoms with Gasteiger partial charge in [-0.3, -0.25) is 20.2 Å². The summed E-state index contributed by atoms with van der Waals surface area (Å²) >= 11 is 0. The third-order valence-corrected chi connectivity index (χ3v) is 7.55. The normalized spacial score (nSPS) is 14.6. The number of guanidine groups is 1. The number of amides is 3. The average Bonchev–Trinajstić information content (AvgIpc) is 2.90. The predicted molar refractivity (Wildman–Crippen MR) is 135 cm³/mol. The second-order valence-corrected chi connectivity index (χ2v) is 10.2. The van der Waals surface area contributed by atoms with Crippen molar-refractivity contribution in [2.75, 3.05) is 12.4 Å². The first-order valence-electron chi connectivity index (χ1n) is 11.7. The molecule has 36 heavy (non-hydrogen) atoms. The number of ether oxygens (including phenoxy) is 1. The molecule has 0 unspecified atom stereocenters. The first-order valence-corrected chi connectivity index (χ1v) is 13.2. The number of sulfone groups is 1. The zero-order chi connectivity index (χ0) is 26.1. The van der Waals surface area contributed by atoms with E-state index < -0.39 is 21.8 Å². The molecule has 3 amide bonds. The lowest BCUT2D eigenvalue weighted by atomic mass is 9.88. The lowest BCUT2D eigenvalue weighted by molar-refractivity contribution is -0.121. The Balaban J connectivity index is 2.05. The van der Waals surface area contributed by atoms with Crippen LogP contribution in [0.15, 0.2) is 63.3 Å². The van der Waals surface area contributed by atoms with Crippen molar-refractivity contribution < 1.29 is 27.5 Å². The van der Waals surface area contributed by atoms with Crippen LogP contribution in [0.5, 0.6) is 0 Å². The van der Waals surface area contributed by atoms with Crippen LogP contribution in [0.3, 0.4) is 0 Å². The highest BCUT2D eigenvalue weighted by atomic mass is 32.2. The van der Waals surface area contributed by atoms with Crippen LogP contribution in [0, 0.1) is 5.92 Å². The first kappa shape index (κ1) is 26.9. The fraction of sp³-hybridized carbons (Fsp3) is 0.360. The number of nitrogens with one attached hydrogen (secondary N) is 3. The number of hydrogen-bond donors (Lipinski definition) is 3. The predicted octanol–water partition coefficient (Wildman–Crippen LogP) is 3.91. The molecule has 10 nitrogen and oxygen atoms in total. The van der Waals surface area contributed by atoms with Crippen molar-refractivity contribution >= 4 is 45.1 Å². The van der Waals surface area contributed by atoms with E-state index in [-0.39, 0.29) is 45.4 Å². The van der Waals surface area contributed by atoms with Crippen molar-refractivity contribution in [1.82, 2.24) is 10.6 Å². The molecule has 3 rings (SSSR count). The van der Waals surface area contributed by atoms with Crippen LogP contribution in [-0.4, -0.2) is 39.4 Å². The largest absolute Gasteiger partial charge is 0.453 e. The monoisotopic (exact) mass is 514 g/mol. The summed E-state index contributed by atoms with van der Waals surface area (Å²) in [5.41, 5.74) is 0.284. The van der Waals surface area contributed by atoms with Gasteiger partial charge in [-0.05, 0) is 43.2 Å². The van der Waals surface area contributed by atoms with Crippen LogP contribution in [0.2, 0.25) is 0 Å². The minimum absolute atomic E-state index is 0.0355. The van der Waals surface area contributed by atoms with Crippen LogP contribution in [0.1, 0.15) is 45.4 Å². The summed E-state index contributed by atoms with van der Waals surface area (Å²) in [6, 6.07) is 12.0. The van der Waals surface area contributed by atoms with E-state index in [1.165, 1.54) is 30.3 Å². The number of rotatable bonds is 6. The van der Waals surface area contributed by atoms with Gasteiger partial charge in [0.25, 0.3) is 0 Å². The van der Waals surface area contributed by atoms with E-state index in [0.29, 0.717) is 0 Å². The van der Waals surface area contributed by atoms with Crippen molar-refractivity contribution in [3.63, 3.8) is 0 Å². The standard InChI is InChI=1S/C25H30N4O6S/c1-3-22(30)28-24(29-25(32)35-2)27-20-15-14-19(36(33,34)18-12-8-5-9-13-18)16-21(20)26-23(31)17-10-6-4-7-11-17/h5,8-9,12-17H,3-4,6-7,10-11H2,1-2H3,(H,26,31)(H2,27,28,29,30,32). The van der Waals surface area contributed by atoms with Crippen LogP contribution >= 0.6 is 0 Å². The second-order valence-electron chi connectivity index (χ2n) is 8.30. The van der Waals surface area contributed by atoms with Gasteiger partial charge in [-0.2, -0.15) is 0 Å². The average molecular weight is 515 g/mol. The van der Waals surface area contributed by atoms with Gasteiger partial charge in [-0.15, -0.1) is 0 Å². The maximum absolute atomic E-state index is 13.2. The van der Waals surface area contributed by atoms with Crippen molar-refractivity contribution in [2.24, 2.45) is 10.9 Å². The molecule has 0 aliphatic heterocycles. The lowest BCUT2D eigenvalue weighted by Gasteiger charge is -2.21. The van der Waals surface area contributed by atoms with E-state index in [4.69, 9.17) is 0 Å². The summed E-state index contributed by atoms with van der Waals surface area (Å²) in [4.78, 5) is 41.1. The van der Waals surface area contributed by atoms with Gasteiger partial charge in [0.15, 0.2) is 0 Å². The molecule has 0 saturated heterocycles. The second kappa shape index (κ2) is 12.3. The number of methoxy groups -OCH3 is 1. The zero-order valence-electron chi connectivity index (χ0n) is 20.2. The zero-order valence-corrected chi connectivity index (χ0v) is 21.1. The van der Waals surface area contributed by atoms with Gasteiger partial charge in [-0.1, -0.05) is 44.4 Å². The van der Waals surface area contributed by atoms with Gasteiger partial charge < -0.3 is 10.1 Å². The van der Waals surface area contributed by atoms with Gasteiger partial charge in [0.2, 0.25) is 27.6 Å². The van der Waals surface area contributed by atoms with Gasteiger partial charge in [0.05, 0.1) is 28.3 Å². The van der Waals surface area contributed by atoms with Gasteiger partial charge in [0, 0.05) is 12.3 Å².